The van der Waals surface area contributed by atoms with Crippen LogP contribution >= 0.6 is 11.8 Å². The third-order valence-corrected chi connectivity index (χ3v) is 5.77. The lowest BCUT2D eigenvalue weighted by molar-refractivity contribution is -0.134. The number of nitrogens with zero attached hydrogens (tertiary/aromatic N) is 3. The molecule has 1 atom stereocenters. The van der Waals surface area contributed by atoms with Crippen molar-refractivity contribution in [3.63, 3.8) is 0 Å². The summed E-state index contributed by atoms with van der Waals surface area (Å²) in [6.45, 7) is 4.73. The van der Waals surface area contributed by atoms with Gasteiger partial charge in [0.25, 0.3) is 11.1 Å². The van der Waals surface area contributed by atoms with Crippen LogP contribution in [0.25, 0.3) is 11.5 Å². The van der Waals surface area contributed by atoms with Gasteiger partial charge in [0.2, 0.25) is 5.91 Å². The number of hydrogen-bond donors (Lipinski definition) is 0. The average Bonchev–Trinajstić information content (AvgIpc) is 3.27. The van der Waals surface area contributed by atoms with Crippen molar-refractivity contribution in [1.82, 2.24) is 15.1 Å². The number of carbonyl (C=O) groups excluding carboxylic acids is 1. The van der Waals surface area contributed by atoms with E-state index in [4.69, 9.17) is 13.9 Å². The Bertz CT molecular complexity index is 973. The smallest absolute Gasteiger partial charge is 0.277 e. The summed E-state index contributed by atoms with van der Waals surface area (Å²) in [5, 5.41) is 8.23. The number of para-hydroxylation sites is 1. The summed E-state index contributed by atoms with van der Waals surface area (Å²) in [6.07, 6.45) is 0. The molecule has 4 rings (SSSR count). The minimum atomic E-state index is -0.472. The summed E-state index contributed by atoms with van der Waals surface area (Å²) in [4.78, 5) is 15.1. The molecule has 7 nitrogen and oxygen atoms in total. The molecule has 1 saturated heterocycles. The molecule has 1 aliphatic rings. The van der Waals surface area contributed by atoms with Gasteiger partial charge >= 0.3 is 0 Å². The predicted octanol–water partition coefficient (Wildman–Crippen LogP) is 3.83. The van der Waals surface area contributed by atoms with Crippen LogP contribution in [0, 0.1) is 0 Å². The van der Waals surface area contributed by atoms with Gasteiger partial charge in [-0.25, -0.2) is 0 Å². The first-order valence-corrected chi connectivity index (χ1v) is 10.8. The number of hydrogen-bond acceptors (Lipinski definition) is 7. The van der Waals surface area contributed by atoms with Gasteiger partial charge in [-0.15, -0.1) is 10.2 Å². The van der Waals surface area contributed by atoms with Crippen molar-refractivity contribution in [1.29, 1.82) is 0 Å². The Morgan fingerprint density at radius 1 is 1.10 bits per heavy atom. The van der Waals surface area contributed by atoms with Gasteiger partial charge in [0.15, 0.2) is 0 Å². The van der Waals surface area contributed by atoms with Gasteiger partial charge in [-0.1, -0.05) is 42.5 Å². The van der Waals surface area contributed by atoms with E-state index in [0.717, 1.165) is 11.1 Å². The molecule has 0 radical (unpaired) electrons. The second-order valence-corrected chi connectivity index (χ2v) is 7.70. The van der Waals surface area contributed by atoms with Crippen LogP contribution in [0.15, 0.2) is 64.2 Å². The summed E-state index contributed by atoms with van der Waals surface area (Å²) >= 11 is 1.27. The molecule has 1 aromatic heterocycles. The molecule has 1 unspecified atom stereocenters. The Morgan fingerprint density at radius 3 is 2.60 bits per heavy atom. The SMILES string of the molecule is CCOc1ccccc1-c1nnc(SC(C(=O)N2CCOCC2)c2ccccc2)o1. The fourth-order valence-electron chi connectivity index (χ4n) is 3.23. The monoisotopic (exact) mass is 425 g/mol. The highest BCUT2D eigenvalue weighted by atomic mass is 32.2. The van der Waals surface area contributed by atoms with Crippen molar-refractivity contribution >= 4 is 17.7 Å². The Hall–Kier alpha value is -2.84. The van der Waals surface area contributed by atoms with Gasteiger partial charge in [0, 0.05) is 13.1 Å². The molecule has 0 bridgehead atoms. The maximum Gasteiger partial charge on any atom is 0.277 e. The zero-order valence-electron chi connectivity index (χ0n) is 16.7. The second-order valence-electron chi connectivity index (χ2n) is 6.65. The lowest BCUT2D eigenvalue weighted by atomic mass is 10.1. The van der Waals surface area contributed by atoms with Crippen LogP contribution in [-0.4, -0.2) is 53.9 Å². The molecular weight excluding hydrogens is 402 g/mol. The van der Waals surface area contributed by atoms with E-state index in [2.05, 4.69) is 10.2 Å². The van der Waals surface area contributed by atoms with Gasteiger partial charge in [0.05, 0.1) is 25.4 Å². The average molecular weight is 426 g/mol. The lowest BCUT2D eigenvalue weighted by Crippen LogP contribution is -2.42. The Kier molecular flexibility index (Phi) is 6.66. The normalized spacial score (nSPS) is 15.0. The molecule has 3 aromatic rings. The summed E-state index contributed by atoms with van der Waals surface area (Å²) < 4.78 is 17.0. The van der Waals surface area contributed by atoms with E-state index in [9.17, 15) is 4.79 Å². The van der Waals surface area contributed by atoms with Crippen LogP contribution in [0.2, 0.25) is 0 Å². The van der Waals surface area contributed by atoms with Gasteiger partial charge in [-0.3, -0.25) is 4.79 Å². The molecular formula is C22H23N3O4S. The minimum absolute atomic E-state index is 0.0176. The fourth-order valence-corrected chi connectivity index (χ4v) is 4.19. The fraction of sp³-hybridized carbons (Fsp3) is 0.318. The quantitative estimate of drug-likeness (QED) is 0.533. The van der Waals surface area contributed by atoms with E-state index in [-0.39, 0.29) is 5.91 Å². The van der Waals surface area contributed by atoms with Crippen LogP contribution in [0.4, 0.5) is 0 Å². The number of carbonyl (C=O) groups is 1. The molecule has 0 spiro atoms. The van der Waals surface area contributed by atoms with Crippen molar-refractivity contribution in [2.24, 2.45) is 0 Å². The minimum Gasteiger partial charge on any atom is -0.493 e. The van der Waals surface area contributed by atoms with Crippen LogP contribution < -0.4 is 4.74 Å². The second kappa shape index (κ2) is 9.77. The number of morpholine rings is 1. The first kappa shape index (κ1) is 20.4. The van der Waals surface area contributed by atoms with Gasteiger partial charge in [-0.2, -0.15) is 0 Å². The third kappa shape index (κ3) is 4.66. The summed E-state index contributed by atoms with van der Waals surface area (Å²) in [6, 6.07) is 17.2. The van der Waals surface area contributed by atoms with E-state index < -0.39 is 5.25 Å². The number of ether oxygens (including phenoxy) is 2. The summed E-state index contributed by atoms with van der Waals surface area (Å²) in [7, 11) is 0. The largest absolute Gasteiger partial charge is 0.493 e. The molecule has 1 aliphatic heterocycles. The van der Waals surface area contributed by atoms with E-state index in [1.54, 1.807) is 0 Å². The molecule has 0 saturated carbocycles. The van der Waals surface area contributed by atoms with E-state index in [1.807, 2.05) is 66.4 Å². The maximum atomic E-state index is 13.3. The lowest BCUT2D eigenvalue weighted by Gasteiger charge is -2.29. The number of thioether (sulfide) groups is 1. The number of rotatable bonds is 7. The predicted molar refractivity (Wildman–Crippen MR) is 113 cm³/mol. The Morgan fingerprint density at radius 2 is 1.83 bits per heavy atom. The van der Waals surface area contributed by atoms with Crippen LogP contribution in [0.3, 0.4) is 0 Å². The zero-order chi connectivity index (χ0) is 20.8. The number of aromatic nitrogens is 2. The third-order valence-electron chi connectivity index (χ3n) is 4.69. The number of benzene rings is 2. The van der Waals surface area contributed by atoms with Gasteiger partial charge < -0.3 is 18.8 Å². The first-order chi connectivity index (χ1) is 14.8. The Labute approximate surface area is 179 Å². The van der Waals surface area contributed by atoms with Crippen molar-refractivity contribution < 1.29 is 18.7 Å². The van der Waals surface area contributed by atoms with Gasteiger partial charge in [0.1, 0.15) is 11.0 Å². The zero-order valence-corrected chi connectivity index (χ0v) is 17.5. The highest BCUT2D eigenvalue weighted by Crippen LogP contribution is 2.38. The molecule has 1 fully saturated rings. The van der Waals surface area contributed by atoms with Crippen LogP contribution in [-0.2, 0) is 9.53 Å². The molecule has 8 heteroatoms. The molecule has 0 N–H and O–H groups in total. The van der Waals surface area contributed by atoms with Crippen LogP contribution in [0.1, 0.15) is 17.7 Å². The van der Waals surface area contributed by atoms with Crippen LogP contribution in [0.5, 0.6) is 5.75 Å². The van der Waals surface area contributed by atoms with Crippen molar-refractivity contribution in [2.45, 2.75) is 17.4 Å². The molecule has 2 aromatic carbocycles. The summed E-state index contributed by atoms with van der Waals surface area (Å²) in [5.74, 6) is 1.07. The first-order valence-electron chi connectivity index (χ1n) is 9.90. The number of amides is 1. The topological polar surface area (TPSA) is 77.7 Å². The highest BCUT2D eigenvalue weighted by Gasteiger charge is 2.30. The Balaban J connectivity index is 1.59. The van der Waals surface area contributed by atoms with Crippen molar-refractivity contribution in [3.8, 4) is 17.2 Å². The maximum absolute atomic E-state index is 13.3. The van der Waals surface area contributed by atoms with Crippen molar-refractivity contribution in [3.05, 3.63) is 60.2 Å². The molecule has 1 amide bonds. The van der Waals surface area contributed by atoms with Crippen molar-refractivity contribution in [2.75, 3.05) is 32.9 Å². The van der Waals surface area contributed by atoms with E-state index in [1.165, 1.54) is 11.8 Å². The molecule has 0 aliphatic carbocycles. The summed E-state index contributed by atoms with van der Waals surface area (Å²) in [5.41, 5.74) is 1.63. The highest BCUT2D eigenvalue weighted by molar-refractivity contribution is 8.00. The molecule has 156 valence electrons. The van der Waals surface area contributed by atoms with E-state index in [0.29, 0.717) is 49.8 Å². The van der Waals surface area contributed by atoms with Gasteiger partial charge in [-0.05, 0) is 36.4 Å². The molecule has 30 heavy (non-hydrogen) atoms. The van der Waals surface area contributed by atoms with E-state index >= 15 is 0 Å². The standard InChI is InChI=1S/C22H23N3O4S/c1-2-28-18-11-7-6-10-17(18)20-23-24-22(29-20)30-19(16-8-4-3-5-9-16)21(26)25-12-14-27-15-13-25/h3-11,19H,2,12-15H2,1H3. The molecule has 2 heterocycles.